The maximum atomic E-state index is 11.9. The number of nitrogens with zero attached hydrogens (tertiary/aromatic N) is 2. The summed E-state index contributed by atoms with van der Waals surface area (Å²) in [5.41, 5.74) is 2.06. The van der Waals surface area contributed by atoms with Crippen LogP contribution in [0.15, 0.2) is 82.3 Å². The van der Waals surface area contributed by atoms with Crippen molar-refractivity contribution < 1.29 is 56.5 Å². The van der Waals surface area contributed by atoms with Crippen molar-refractivity contribution in [2.75, 3.05) is 29.5 Å². The Morgan fingerprint density at radius 3 is 1.83 bits per heavy atom. The molecule has 21 heteroatoms. The van der Waals surface area contributed by atoms with E-state index in [9.17, 15) is 51.9 Å². The molecular weight excluding hydrogens is 790 g/mol. The molecule has 2 aromatic rings. The van der Waals surface area contributed by atoms with Gasteiger partial charge in [-0.1, -0.05) is 32.1 Å². The zero-order valence-electron chi connectivity index (χ0n) is 30.1. The molecule has 0 bridgehead atoms. The van der Waals surface area contributed by atoms with Gasteiger partial charge in [0.1, 0.15) is 6.54 Å². The van der Waals surface area contributed by atoms with Gasteiger partial charge in [0.05, 0.1) is 31.1 Å². The van der Waals surface area contributed by atoms with Crippen LogP contribution in [0.2, 0.25) is 0 Å². The maximum absolute atomic E-state index is 11.9. The van der Waals surface area contributed by atoms with Gasteiger partial charge in [-0.15, -0.1) is 0 Å². The molecule has 2 heterocycles. The third-order valence-electron chi connectivity index (χ3n) is 8.61. The fourth-order valence-electron chi connectivity index (χ4n) is 6.27. The molecule has 0 amide bonds. The van der Waals surface area contributed by atoms with E-state index < -0.39 is 62.8 Å². The van der Waals surface area contributed by atoms with E-state index in [4.69, 9.17) is 0 Å². The molecule has 52 heavy (non-hydrogen) atoms. The Balaban J connectivity index is 0.00000451. The van der Waals surface area contributed by atoms with E-state index in [1.807, 2.05) is 32.6 Å². The SMILES string of the molecule is CC1(C)C(=CC=CC=CC2=[N+](CCCS(=O)(=O)[O-])c3ccc(S(=O)(=O)O)cc3C2(C)C)N(CCCS(=O)(=O)O)c2ccc(S(=O)(=O)O)cc21.[Na].[Na].[Na]. The Kier molecular flexibility index (Phi) is 17.6. The van der Waals surface area contributed by atoms with E-state index in [1.54, 1.807) is 35.0 Å². The summed E-state index contributed by atoms with van der Waals surface area (Å²) >= 11 is 0. The molecule has 0 spiro atoms. The summed E-state index contributed by atoms with van der Waals surface area (Å²) in [6.45, 7) is 7.64. The second kappa shape index (κ2) is 18.4. The van der Waals surface area contributed by atoms with E-state index in [0.29, 0.717) is 33.9 Å². The third kappa shape index (κ3) is 11.9. The average Bonchev–Trinajstić information content (AvgIpc) is 3.29. The van der Waals surface area contributed by atoms with Crippen molar-refractivity contribution >= 4 is 146 Å². The zero-order chi connectivity index (χ0) is 36.8. The van der Waals surface area contributed by atoms with Crippen LogP contribution in [0.3, 0.4) is 0 Å². The monoisotopic (exact) mass is 827 g/mol. The van der Waals surface area contributed by atoms with Crippen molar-refractivity contribution in [1.29, 1.82) is 0 Å². The quantitative estimate of drug-likeness (QED) is 0.114. The number of benzene rings is 2. The van der Waals surface area contributed by atoms with Crippen LogP contribution in [-0.4, -0.2) is 175 Å². The molecule has 271 valence electrons. The fraction of sp³-hybridized carbons (Fsp3) is 0.387. The first-order valence-corrected chi connectivity index (χ1v) is 21.0. The van der Waals surface area contributed by atoms with Crippen LogP contribution in [0.5, 0.6) is 0 Å². The third-order valence-corrected chi connectivity index (χ3v) is 11.9. The second-order valence-electron chi connectivity index (χ2n) is 12.8. The first-order chi connectivity index (χ1) is 22.3. The van der Waals surface area contributed by atoms with Crippen LogP contribution in [0.4, 0.5) is 11.4 Å². The van der Waals surface area contributed by atoms with E-state index in [2.05, 4.69) is 0 Å². The van der Waals surface area contributed by atoms with Crippen molar-refractivity contribution in [2.45, 2.75) is 61.2 Å². The zero-order valence-corrected chi connectivity index (χ0v) is 39.4. The van der Waals surface area contributed by atoms with Crippen LogP contribution < -0.4 is 4.90 Å². The minimum absolute atomic E-state index is 0. The van der Waals surface area contributed by atoms with Crippen molar-refractivity contribution in [3.05, 3.63) is 83.6 Å². The smallest absolute Gasteiger partial charge is 0.294 e. The number of rotatable bonds is 13. The Morgan fingerprint density at radius 1 is 0.731 bits per heavy atom. The van der Waals surface area contributed by atoms with Gasteiger partial charge >= 0.3 is 0 Å². The number of hydrogen-bond donors (Lipinski definition) is 3. The molecule has 14 nitrogen and oxygen atoms in total. The average molecular weight is 828 g/mol. The van der Waals surface area contributed by atoms with Crippen molar-refractivity contribution in [1.82, 2.24) is 0 Å². The van der Waals surface area contributed by atoms with Crippen molar-refractivity contribution in [3.63, 3.8) is 0 Å². The van der Waals surface area contributed by atoms with Crippen LogP contribution in [0.25, 0.3) is 0 Å². The minimum atomic E-state index is -4.51. The predicted octanol–water partition coefficient (Wildman–Crippen LogP) is 2.42. The minimum Gasteiger partial charge on any atom is -0.748 e. The summed E-state index contributed by atoms with van der Waals surface area (Å²) in [5, 5.41) is 0. The molecule has 0 atom stereocenters. The summed E-state index contributed by atoms with van der Waals surface area (Å²) in [5.74, 6) is -1.09. The van der Waals surface area contributed by atoms with Gasteiger partial charge in [0.15, 0.2) is 5.71 Å². The number of hydrogen-bond acceptors (Lipinski definition) is 10. The Bertz CT molecular complexity index is 2250. The van der Waals surface area contributed by atoms with Crippen LogP contribution in [0, 0.1) is 0 Å². The largest absolute Gasteiger partial charge is 0.748 e. The topological polar surface area (TPSA) is 227 Å². The summed E-state index contributed by atoms with van der Waals surface area (Å²) < 4.78 is 134. The van der Waals surface area contributed by atoms with E-state index >= 15 is 0 Å². The van der Waals surface area contributed by atoms with Gasteiger partial charge < -0.3 is 9.45 Å². The normalized spacial score (nSPS) is 17.5. The van der Waals surface area contributed by atoms with Crippen LogP contribution >= 0.6 is 0 Å². The summed E-state index contributed by atoms with van der Waals surface area (Å²) in [6, 6.07) is 8.24. The number of allylic oxidation sites excluding steroid dienone is 6. The van der Waals surface area contributed by atoms with E-state index in [-0.39, 0.29) is 124 Å². The first kappa shape index (κ1) is 49.8. The molecule has 0 aromatic heterocycles. The van der Waals surface area contributed by atoms with Crippen molar-refractivity contribution in [3.8, 4) is 0 Å². The molecular formula is C31H38N2Na3O12S4. The molecule has 0 saturated heterocycles. The Labute approximate surface area is 372 Å². The second-order valence-corrected chi connectivity index (χ2v) is 18.7. The van der Waals surface area contributed by atoms with Crippen molar-refractivity contribution in [2.24, 2.45) is 0 Å². The molecule has 3 N–H and O–H groups in total. The molecule has 4 rings (SSSR count). The molecule has 2 aliphatic rings. The van der Waals surface area contributed by atoms with Gasteiger partial charge in [-0.25, -0.2) is 8.42 Å². The van der Waals surface area contributed by atoms with Crippen LogP contribution in [0.1, 0.15) is 51.7 Å². The first-order valence-electron chi connectivity index (χ1n) is 14.9. The standard InChI is InChI=1S/C31H38N2O12S4.3Na/c1-30(2)24-20-22(48(40,41)42)12-14-26(24)32(16-8-18-46(34,35)36)28(30)10-6-5-7-11-29-31(3,4)25-21-23(49(43,44)45)13-15-27(25)33(29)17-9-19-47(37,38)39;;;/h5-7,10-15,20-21H,8-9,16-19H2,1-4H3,(H3-,34,35,36,37,38,39,40,41,42,43,44,45);;;. The van der Waals surface area contributed by atoms with Crippen LogP contribution in [-0.2, 0) is 51.3 Å². The van der Waals surface area contributed by atoms with E-state index in [1.165, 1.54) is 36.4 Å². The molecule has 2 aliphatic heterocycles. The molecule has 0 unspecified atom stereocenters. The molecule has 3 radical (unpaired) electrons. The van der Waals surface area contributed by atoms with Gasteiger partial charge in [0.2, 0.25) is 5.69 Å². The summed E-state index contributed by atoms with van der Waals surface area (Å²) in [7, 11) is -17.7. The molecule has 0 saturated carbocycles. The van der Waals surface area contributed by atoms with E-state index in [0.717, 1.165) is 0 Å². The fourth-order valence-corrected chi connectivity index (χ4v) is 8.26. The number of anilines is 1. The molecule has 2 aromatic carbocycles. The number of fused-ring (bicyclic) bond motifs is 2. The summed E-state index contributed by atoms with van der Waals surface area (Å²) in [6.07, 6.45) is 8.69. The summed E-state index contributed by atoms with van der Waals surface area (Å²) in [4.78, 5) is 1.21. The van der Waals surface area contributed by atoms with Gasteiger partial charge in [0, 0.05) is 142 Å². The van der Waals surface area contributed by atoms with Gasteiger partial charge in [0.25, 0.3) is 30.4 Å². The predicted molar refractivity (Wildman–Crippen MR) is 200 cm³/mol. The van der Waals surface area contributed by atoms with Gasteiger partial charge in [-0.2, -0.15) is 29.8 Å². The Morgan fingerprint density at radius 2 is 1.29 bits per heavy atom. The molecule has 0 aliphatic carbocycles. The van der Waals surface area contributed by atoms with Gasteiger partial charge in [-0.3, -0.25) is 13.7 Å². The Hall–Kier alpha value is -0.230. The molecule has 0 fully saturated rings. The maximum Gasteiger partial charge on any atom is 0.294 e. The van der Waals surface area contributed by atoms with Gasteiger partial charge in [-0.05, 0) is 62.2 Å².